The predicted octanol–water partition coefficient (Wildman–Crippen LogP) is 1.12. The predicted molar refractivity (Wildman–Crippen MR) is 62.3 cm³/mol. The van der Waals surface area contributed by atoms with Gasteiger partial charge in [0.15, 0.2) is 6.17 Å². The molecule has 0 saturated carbocycles. The maximum atomic E-state index is 13.5. The van der Waals surface area contributed by atoms with E-state index in [9.17, 15) is 14.0 Å². The van der Waals surface area contributed by atoms with Crippen LogP contribution in [0, 0.1) is 0 Å². The van der Waals surface area contributed by atoms with Crippen LogP contribution in [-0.2, 0) is 19.0 Å². The Labute approximate surface area is 109 Å². The number of Topliss-reactive ketones (excluding diaryl/α,β-unsaturated/α-hetero) is 1. The molecule has 0 aliphatic carbocycles. The Bertz CT molecular complexity index is 461. The Morgan fingerprint density at radius 1 is 1.37 bits per heavy atom. The lowest BCUT2D eigenvalue weighted by Gasteiger charge is -2.12. The zero-order chi connectivity index (χ0) is 13.8. The summed E-state index contributed by atoms with van der Waals surface area (Å²) >= 11 is 0. The average molecular weight is 268 g/mol. The van der Waals surface area contributed by atoms with E-state index in [1.54, 1.807) is 30.3 Å². The van der Waals surface area contributed by atoms with Crippen LogP contribution in [0.3, 0.4) is 0 Å². The van der Waals surface area contributed by atoms with E-state index < -0.39 is 30.3 Å². The van der Waals surface area contributed by atoms with Crippen molar-refractivity contribution in [1.29, 1.82) is 0 Å². The van der Waals surface area contributed by atoms with Gasteiger partial charge in [-0.05, 0) is 12.1 Å². The first kappa shape index (κ1) is 13.6. The number of benzene rings is 1. The number of ketones is 1. The smallest absolute Gasteiger partial charge is 0.338 e. The number of hydrogen-bond acceptors (Lipinski definition) is 5. The molecule has 0 aromatic heterocycles. The molecule has 0 amide bonds. The first-order chi connectivity index (χ1) is 9.13. The van der Waals surface area contributed by atoms with E-state index in [2.05, 4.69) is 4.74 Å². The summed E-state index contributed by atoms with van der Waals surface area (Å²) in [5.41, 5.74) is 0.352. The van der Waals surface area contributed by atoms with Crippen molar-refractivity contribution in [3.8, 4) is 0 Å². The minimum absolute atomic E-state index is 0.333. The summed E-state index contributed by atoms with van der Waals surface area (Å²) in [7, 11) is 1.24. The van der Waals surface area contributed by atoms with E-state index >= 15 is 0 Å². The lowest BCUT2D eigenvalue weighted by Crippen LogP contribution is -2.28. The molecule has 2 rings (SSSR count). The summed E-state index contributed by atoms with van der Waals surface area (Å²) in [5, 5.41) is 0. The fraction of sp³-hybridized carbons (Fsp3) is 0.385. The normalized spacial score (nSPS) is 26.4. The molecule has 6 heteroatoms. The molecule has 0 N–H and O–H groups in total. The number of hydrogen-bond donors (Lipinski definition) is 0. The number of rotatable bonds is 4. The summed E-state index contributed by atoms with van der Waals surface area (Å²) in [5.74, 6) is -1.38. The number of alkyl halides is 1. The topological polar surface area (TPSA) is 61.8 Å². The van der Waals surface area contributed by atoms with Gasteiger partial charge in [0.25, 0.3) is 0 Å². The Morgan fingerprint density at radius 2 is 2.05 bits per heavy atom. The maximum absolute atomic E-state index is 13.5. The second kappa shape index (κ2) is 5.90. The van der Waals surface area contributed by atoms with Crippen LogP contribution in [0.25, 0.3) is 0 Å². The highest BCUT2D eigenvalue weighted by Crippen LogP contribution is 2.21. The minimum atomic E-state index is -1.84. The molecule has 1 aliphatic rings. The first-order valence-corrected chi connectivity index (χ1v) is 5.71. The van der Waals surface area contributed by atoms with Crippen molar-refractivity contribution in [3.63, 3.8) is 0 Å². The van der Waals surface area contributed by atoms with Gasteiger partial charge in [-0.25, -0.2) is 9.18 Å². The third-order valence-corrected chi connectivity index (χ3v) is 2.73. The highest BCUT2D eigenvalue weighted by molar-refractivity contribution is 5.90. The standard InChI is InChI=1S/C13H13FO5/c1-17-13-11(15)10(14)9(19-13)7-18-12(16)8-5-3-2-4-6-8/h2-6,9-10,13H,7H2,1H3/t9-,10-,13-/m1/s1. The molecule has 1 aromatic carbocycles. The third-order valence-electron chi connectivity index (χ3n) is 2.73. The molecule has 1 saturated heterocycles. The first-order valence-electron chi connectivity index (χ1n) is 5.71. The molecular formula is C13H13FO5. The van der Waals surface area contributed by atoms with Crippen molar-refractivity contribution in [2.75, 3.05) is 13.7 Å². The van der Waals surface area contributed by atoms with Crippen LogP contribution in [0.2, 0.25) is 0 Å². The van der Waals surface area contributed by atoms with Crippen LogP contribution in [0.4, 0.5) is 4.39 Å². The highest BCUT2D eigenvalue weighted by Gasteiger charge is 2.44. The van der Waals surface area contributed by atoms with Crippen molar-refractivity contribution < 1.29 is 28.2 Å². The Morgan fingerprint density at radius 3 is 2.63 bits per heavy atom. The number of halogens is 1. The van der Waals surface area contributed by atoms with E-state index in [-0.39, 0.29) is 6.61 Å². The van der Waals surface area contributed by atoms with E-state index in [1.807, 2.05) is 0 Å². The van der Waals surface area contributed by atoms with E-state index in [0.29, 0.717) is 5.56 Å². The Hall–Kier alpha value is -1.79. The van der Waals surface area contributed by atoms with Crippen LogP contribution in [0.1, 0.15) is 10.4 Å². The van der Waals surface area contributed by atoms with Gasteiger partial charge in [-0.1, -0.05) is 18.2 Å². The van der Waals surface area contributed by atoms with Crippen LogP contribution < -0.4 is 0 Å². The van der Waals surface area contributed by atoms with Crippen molar-refractivity contribution in [2.45, 2.75) is 18.6 Å². The third kappa shape index (κ3) is 2.97. The molecule has 0 spiro atoms. The van der Waals surface area contributed by atoms with E-state index in [4.69, 9.17) is 9.47 Å². The van der Waals surface area contributed by atoms with Crippen molar-refractivity contribution in [1.82, 2.24) is 0 Å². The fourth-order valence-corrected chi connectivity index (χ4v) is 1.72. The molecule has 1 aromatic rings. The van der Waals surface area contributed by atoms with Crippen LogP contribution in [-0.4, -0.2) is 44.0 Å². The SMILES string of the molecule is CO[C@@H]1O[C@H](COC(=O)c2ccccc2)[C@@H](F)C1=O. The van der Waals surface area contributed by atoms with Gasteiger partial charge < -0.3 is 14.2 Å². The van der Waals surface area contributed by atoms with E-state index in [0.717, 1.165) is 0 Å². The summed E-state index contributed by atoms with van der Waals surface area (Å²) < 4.78 is 28.1. The number of methoxy groups -OCH3 is 1. The largest absolute Gasteiger partial charge is 0.459 e. The molecule has 1 fully saturated rings. The van der Waals surface area contributed by atoms with Gasteiger partial charge in [0.1, 0.15) is 12.7 Å². The van der Waals surface area contributed by atoms with Crippen molar-refractivity contribution in [2.24, 2.45) is 0 Å². The number of ether oxygens (including phenoxy) is 3. The van der Waals surface area contributed by atoms with Crippen molar-refractivity contribution in [3.05, 3.63) is 35.9 Å². The molecular weight excluding hydrogens is 255 g/mol. The second-order valence-electron chi connectivity index (χ2n) is 4.01. The zero-order valence-corrected chi connectivity index (χ0v) is 10.2. The monoisotopic (exact) mass is 268 g/mol. The maximum Gasteiger partial charge on any atom is 0.338 e. The van der Waals surface area contributed by atoms with Crippen LogP contribution in [0.15, 0.2) is 30.3 Å². The van der Waals surface area contributed by atoms with Gasteiger partial charge in [-0.3, -0.25) is 4.79 Å². The average Bonchev–Trinajstić information content (AvgIpc) is 2.73. The molecule has 1 aliphatic heterocycles. The number of carbonyl (C=O) groups excluding carboxylic acids is 2. The summed E-state index contributed by atoms with van der Waals surface area (Å²) in [6.45, 7) is -0.333. The molecule has 102 valence electrons. The van der Waals surface area contributed by atoms with Gasteiger partial charge in [0, 0.05) is 7.11 Å². The Balaban J connectivity index is 1.90. The molecule has 1 heterocycles. The summed E-state index contributed by atoms with van der Waals surface area (Å²) in [6, 6.07) is 8.29. The zero-order valence-electron chi connectivity index (χ0n) is 10.2. The van der Waals surface area contributed by atoms with E-state index in [1.165, 1.54) is 7.11 Å². The minimum Gasteiger partial charge on any atom is -0.459 e. The molecule has 3 atom stereocenters. The molecule has 19 heavy (non-hydrogen) atoms. The molecule has 5 nitrogen and oxygen atoms in total. The number of carbonyl (C=O) groups is 2. The lowest BCUT2D eigenvalue weighted by atomic mass is 10.2. The van der Waals surface area contributed by atoms with Crippen LogP contribution in [0.5, 0.6) is 0 Å². The van der Waals surface area contributed by atoms with Gasteiger partial charge in [0.2, 0.25) is 12.1 Å². The van der Waals surface area contributed by atoms with Gasteiger partial charge in [-0.15, -0.1) is 0 Å². The fourth-order valence-electron chi connectivity index (χ4n) is 1.72. The number of esters is 1. The van der Waals surface area contributed by atoms with Gasteiger partial charge in [0.05, 0.1) is 5.56 Å². The Kier molecular flexibility index (Phi) is 4.24. The molecule has 0 radical (unpaired) electrons. The highest BCUT2D eigenvalue weighted by atomic mass is 19.1. The van der Waals surface area contributed by atoms with Gasteiger partial charge in [-0.2, -0.15) is 0 Å². The summed E-state index contributed by atoms with van der Waals surface area (Å²) in [6.07, 6.45) is -4.19. The molecule has 0 unspecified atom stereocenters. The van der Waals surface area contributed by atoms with Crippen molar-refractivity contribution >= 4 is 11.8 Å². The van der Waals surface area contributed by atoms with Crippen LogP contribution >= 0.6 is 0 Å². The lowest BCUT2D eigenvalue weighted by molar-refractivity contribution is -0.152. The quantitative estimate of drug-likeness (QED) is 0.766. The van der Waals surface area contributed by atoms with Gasteiger partial charge >= 0.3 is 5.97 Å². The molecule has 0 bridgehead atoms. The second-order valence-corrected chi connectivity index (χ2v) is 4.01. The summed E-state index contributed by atoms with van der Waals surface area (Å²) in [4.78, 5) is 22.9.